The van der Waals surface area contributed by atoms with Crippen molar-refractivity contribution in [3.63, 3.8) is 0 Å². The van der Waals surface area contributed by atoms with Crippen molar-refractivity contribution >= 4 is 21.7 Å². The van der Waals surface area contributed by atoms with E-state index in [1.165, 1.54) is 18.2 Å². The molecule has 128 valence electrons. The third-order valence-corrected chi connectivity index (χ3v) is 5.41. The Bertz CT molecular complexity index is 654. The summed E-state index contributed by atoms with van der Waals surface area (Å²) in [6, 6.07) is 3.88. The van der Waals surface area contributed by atoms with Crippen molar-refractivity contribution in [1.29, 1.82) is 0 Å². The first kappa shape index (κ1) is 17.7. The van der Waals surface area contributed by atoms with E-state index in [4.69, 9.17) is 10.2 Å². The molecule has 4 N–H and O–H groups in total. The molecule has 0 heterocycles. The molecule has 0 radical (unpaired) electrons. The third kappa shape index (κ3) is 4.66. The quantitative estimate of drug-likeness (QED) is 0.531. The second kappa shape index (κ2) is 7.76. The Hall–Kier alpha value is -1.64. The maximum atomic E-state index is 12.6. The van der Waals surface area contributed by atoms with Gasteiger partial charge in [-0.05, 0) is 37.5 Å². The lowest BCUT2D eigenvalue weighted by molar-refractivity contribution is 0.0696. The molecule has 0 bridgehead atoms. The van der Waals surface area contributed by atoms with Crippen LogP contribution in [0.4, 0.5) is 5.69 Å². The number of carboxylic acids is 1. The molecule has 0 atom stereocenters. The SMILES string of the molecule is O=C(O)c1ccc(NCCCO)c(S(=O)(=O)NC2CCCC2)c1. The van der Waals surface area contributed by atoms with Gasteiger partial charge in [0.25, 0.3) is 0 Å². The number of rotatable bonds is 8. The summed E-state index contributed by atoms with van der Waals surface area (Å²) in [7, 11) is -3.81. The van der Waals surface area contributed by atoms with E-state index in [1.54, 1.807) is 0 Å². The van der Waals surface area contributed by atoms with Gasteiger partial charge in [0.1, 0.15) is 4.90 Å². The van der Waals surface area contributed by atoms with E-state index in [0.717, 1.165) is 25.7 Å². The van der Waals surface area contributed by atoms with Gasteiger partial charge < -0.3 is 15.5 Å². The summed E-state index contributed by atoms with van der Waals surface area (Å²) < 4.78 is 27.9. The van der Waals surface area contributed by atoms with Crippen LogP contribution in [0.3, 0.4) is 0 Å². The van der Waals surface area contributed by atoms with E-state index in [0.29, 0.717) is 18.7 Å². The van der Waals surface area contributed by atoms with E-state index in [1.807, 2.05) is 0 Å². The molecule has 1 aliphatic rings. The lowest BCUT2D eigenvalue weighted by atomic mass is 10.2. The Kier molecular flexibility index (Phi) is 5.97. The van der Waals surface area contributed by atoms with Crippen LogP contribution in [0.25, 0.3) is 0 Å². The van der Waals surface area contributed by atoms with Crippen molar-refractivity contribution in [3.8, 4) is 0 Å². The molecule has 0 aromatic heterocycles. The van der Waals surface area contributed by atoms with Crippen molar-refractivity contribution in [2.24, 2.45) is 0 Å². The fraction of sp³-hybridized carbons (Fsp3) is 0.533. The van der Waals surface area contributed by atoms with E-state index < -0.39 is 16.0 Å². The molecule has 1 saturated carbocycles. The Morgan fingerprint density at radius 3 is 2.57 bits per heavy atom. The normalized spacial score (nSPS) is 15.7. The zero-order chi connectivity index (χ0) is 16.9. The zero-order valence-corrected chi connectivity index (χ0v) is 13.6. The maximum absolute atomic E-state index is 12.6. The Balaban J connectivity index is 2.30. The van der Waals surface area contributed by atoms with Crippen LogP contribution < -0.4 is 10.0 Å². The van der Waals surface area contributed by atoms with Crippen LogP contribution in [0, 0.1) is 0 Å². The van der Waals surface area contributed by atoms with Crippen LogP contribution in [-0.4, -0.2) is 43.8 Å². The largest absolute Gasteiger partial charge is 0.478 e. The van der Waals surface area contributed by atoms with Crippen molar-refractivity contribution < 1.29 is 23.4 Å². The Morgan fingerprint density at radius 1 is 1.26 bits per heavy atom. The first-order valence-electron chi connectivity index (χ1n) is 7.68. The minimum atomic E-state index is -3.81. The van der Waals surface area contributed by atoms with E-state index in [2.05, 4.69) is 10.0 Å². The smallest absolute Gasteiger partial charge is 0.335 e. The molecule has 1 fully saturated rings. The zero-order valence-electron chi connectivity index (χ0n) is 12.8. The highest BCUT2D eigenvalue weighted by molar-refractivity contribution is 7.89. The van der Waals surface area contributed by atoms with Gasteiger partial charge in [-0.3, -0.25) is 0 Å². The van der Waals surface area contributed by atoms with Gasteiger partial charge in [0.05, 0.1) is 11.3 Å². The van der Waals surface area contributed by atoms with Gasteiger partial charge in [-0.15, -0.1) is 0 Å². The van der Waals surface area contributed by atoms with E-state index >= 15 is 0 Å². The summed E-state index contributed by atoms with van der Waals surface area (Å²) in [6.45, 7) is 0.386. The summed E-state index contributed by atoms with van der Waals surface area (Å²) in [6.07, 6.45) is 4.04. The molecule has 7 nitrogen and oxygen atoms in total. The van der Waals surface area contributed by atoms with Gasteiger partial charge in [-0.2, -0.15) is 0 Å². The highest BCUT2D eigenvalue weighted by Gasteiger charge is 2.26. The van der Waals surface area contributed by atoms with Crippen LogP contribution >= 0.6 is 0 Å². The fourth-order valence-electron chi connectivity index (χ4n) is 2.65. The number of anilines is 1. The number of hydrogen-bond donors (Lipinski definition) is 4. The summed E-state index contributed by atoms with van der Waals surface area (Å²) in [5, 5.41) is 20.9. The monoisotopic (exact) mass is 342 g/mol. The molecule has 0 unspecified atom stereocenters. The van der Waals surface area contributed by atoms with E-state index in [9.17, 15) is 13.2 Å². The first-order chi connectivity index (χ1) is 10.9. The Labute approximate surface area is 135 Å². The second-order valence-corrected chi connectivity index (χ2v) is 7.31. The minimum Gasteiger partial charge on any atom is -0.478 e. The molecule has 0 aliphatic heterocycles. The summed E-state index contributed by atoms with van der Waals surface area (Å²) >= 11 is 0. The third-order valence-electron chi connectivity index (χ3n) is 3.85. The molecule has 23 heavy (non-hydrogen) atoms. The molecular weight excluding hydrogens is 320 g/mol. The fourth-order valence-corrected chi connectivity index (χ4v) is 4.17. The summed E-state index contributed by atoms with van der Waals surface area (Å²) in [5.41, 5.74) is 0.262. The number of benzene rings is 1. The van der Waals surface area contributed by atoms with Gasteiger partial charge in [0.2, 0.25) is 10.0 Å². The predicted molar refractivity (Wildman–Crippen MR) is 86.2 cm³/mol. The van der Waals surface area contributed by atoms with Gasteiger partial charge >= 0.3 is 5.97 Å². The van der Waals surface area contributed by atoms with Crippen LogP contribution in [-0.2, 0) is 10.0 Å². The van der Waals surface area contributed by atoms with Crippen LogP contribution in [0.15, 0.2) is 23.1 Å². The molecular formula is C15H22N2O5S. The molecule has 1 aromatic rings. The van der Waals surface area contributed by atoms with Crippen molar-refractivity contribution in [2.45, 2.75) is 43.0 Å². The topological polar surface area (TPSA) is 116 Å². The molecule has 1 aromatic carbocycles. The highest BCUT2D eigenvalue weighted by Crippen LogP contribution is 2.26. The van der Waals surface area contributed by atoms with Gasteiger partial charge in [-0.1, -0.05) is 12.8 Å². The minimum absolute atomic E-state index is 0.0113. The summed E-state index contributed by atoms with van der Waals surface area (Å²) in [4.78, 5) is 11.1. The van der Waals surface area contributed by atoms with Gasteiger partial charge in [0.15, 0.2) is 0 Å². The Morgan fingerprint density at radius 2 is 1.96 bits per heavy atom. The lowest BCUT2D eigenvalue weighted by Gasteiger charge is -2.16. The molecule has 0 spiro atoms. The number of nitrogens with one attached hydrogen (secondary N) is 2. The number of aliphatic hydroxyl groups is 1. The maximum Gasteiger partial charge on any atom is 0.335 e. The number of aromatic carboxylic acids is 1. The van der Waals surface area contributed by atoms with Crippen LogP contribution in [0.5, 0.6) is 0 Å². The number of aliphatic hydroxyl groups excluding tert-OH is 1. The average Bonchev–Trinajstić information content (AvgIpc) is 2.99. The molecule has 1 aliphatic carbocycles. The first-order valence-corrected chi connectivity index (χ1v) is 9.17. The second-order valence-electron chi connectivity index (χ2n) is 5.62. The van der Waals surface area contributed by atoms with Crippen molar-refractivity contribution in [2.75, 3.05) is 18.5 Å². The van der Waals surface area contributed by atoms with Gasteiger partial charge in [-0.25, -0.2) is 17.9 Å². The predicted octanol–water partition coefficient (Wildman–Crippen LogP) is 1.40. The van der Waals surface area contributed by atoms with Crippen molar-refractivity contribution in [3.05, 3.63) is 23.8 Å². The molecule has 0 amide bonds. The highest BCUT2D eigenvalue weighted by atomic mass is 32.2. The standard InChI is InChI=1S/C15H22N2O5S/c18-9-3-8-16-13-7-6-11(15(19)20)10-14(13)23(21,22)17-12-4-1-2-5-12/h6-7,10,12,16-18H,1-5,8-9H2,(H,19,20). The number of hydrogen-bond acceptors (Lipinski definition) is 5. The molecule has 8 heteroatoms. The molecule has 2 rings (SSSR count). The average molecular weight is 342 g/mol. The van der Waals surface area contributed by atoms with Crippen molar-refractivity contribution in [1.82, 2.24) is 4.72 Å². The number of sulfonamides is 1. The number of carboxylic acid groups (broad SMARTS) is 1. The lowest BCUT2D eigenvalue weighted by Crippen LogP contribution is -2.33. The van der Waals surface area contributed by atoms with Crippen LogP contribution in [0.2, 0.25) is 0 Å². The van der Waals surface area contributed by atoms with Gasteiger partial charge in [0, 0.05) is 19.2 Å². The molecule has 0 saturated heterocycles. The number of carbonyl (C=O) groups is 1. The van der Waals surface area contributed by atoms with E-state index in [-0.39, 0.29) is 23.1 Å². The summed E-state index contributed by atoms with van der Waals surface area (Å²) in [5.74, 6) is -1.18. The van der Waals surface area contributed by atoms with Crippen LogP contribution in [0.1, 0.15) is 42.5 Å².